The topological polar surface area (TPSA) is 39.6 Å². The summed E-state index contributed by atoms with van der Waals surface area (Å²) >= 11 is 1.54. The maximum atomic E-state index is 10.0. The zero-order valence-electron chi connectivity index (χ0n) is 10.4. The van der Waals surface area contributed by atoms with E-state index in [1.165, 1.54) is 24.3 Å². The number of rotatable bonds is 5. The average Bonchev–Trinajstić information content (AvgIpc) is 2.86. The SMILES string of the molecule is CCCN1CCN(CC(O)c2cscn2)CC1. The van der Waals surface area contributed by atoms with Crippen LogP contribution in [-0.4, -0.2) is 59.2 Å². The molecule has 1 saturated heterocycles. The van der Waals surface area contributed by atoms with Gasteiger partial charge in [-0.05, 0) is 13.0 Å². The van der Waals surface area contributed by atoms with Crippen LogP contribution in [0.5, 0.6) is 0 Å². The van der Waals surface area contributed by atoms with Crippen LogP contribution in [-0.2, 0) is 0 Å². The van der Waals surface area contributed by atoms with Crippen molar-refractivity contribution in [3.05, 3.63) is 16.6 Å². The predicted octanol–water partition coefficient (Wildman–Crippen LogP) is 1.20. The standard InChI is InChI=1S/C12H21N3OS/c1-2-3-14-4-6-15(7-5-14)8-12(16)11-9-17-10-13-11/h9-10,12,16H,2-8H2,1H3. The Kier molecular flexibility index (Phi) is 4.91. The van der Waals surface area contributed by atoms with Gasteiger partial charge < -0.3 is 10.0 Å². The lowest BCUT2D eigenvalue weighted by atomic mass is 10.2. The minimum atomic E-state index is -0.432. The molecule has 1 aliphatic heterocycles. The van der Waals surface area contributed by atoms with Crippen molar-refractivity contribution in [3.63, 3.8) is 0 Å². The van der Waals surface area contributed by atoms with Crippen LogP contribution in [0.25, 0.3) is 0 Å². The van der Waals surface area contributed by atoms with Crippen molar-refractivity contribution >= 4 is 11.3 Å². The number of hydrogen-bond acceptors (Lipinski definition) is 5. The van der Waals surface area contributed by atoms with E-state index in [0.29, 0.717) is 6.54 Å². The molecular formula is C12H21N3OS. The third-order valence-corrected chi connectivity index (χ3v) is 3.83. The van der Waals surface area contributed by atoms with Gasteiger partial charge in [0.1, 0.15) is 6.10 Å². The van der Waals surface area contributed by atoms with E-state index in [1.807, 2.05) is 5.38 Å². The second-order valence-electron chi connectivity index (χ2n) is 4.57. The van der Waals surface area contributed by atoms with Crippen LogP contribution in [0.3, 0.4) is 0 Å². The summed E-state index contributed by atoms with van der Waals surface area (Å²) < 4.78 is 0. The average molecular weight is 255 g/mol. The van der Waals surface area contributed by atoms with Crippen molar-refractivity contribution in [2.24, 2.45) is 0 Å². The van der Waals surface area contributed by atoms with E-state index < -0.39 is 6.10 Å². The molecule has 1 unspecified atom stereocenters. The number of piperazine rings is 1. The van der Waals surface area contributed by atoms with Gasteiger partial charge in [-0.2, -0.15) is 0 Å². The largest absolute Gasteiger partial charge is 0.385 e. The van der Waals surface area contributed by atoms with Crippen molar-refractivity contribution in [3.8, 4) is 0 Å². The highest BCUT2D eigenvalue weighted by Gasteiger charge is 2.19. The van der Waals surface area contributed by atoms with Crippen molar-refractivity contribution < 1.29 is 5.11 Å². The fourth-order valence-electron chi connectivity index (χ4n) is 2.24. The van der Waals surface area contributed by atoms with E-state index in [9.17, 15) is 5.11 Å². The maximum absolute atomic E-state index is 10.0. The van der Waals surface area contributed by atoms with Gasteiger partial charge in [0, 0.05) is 38.1 Å². The maximum Gasteiger partial charge on any atom is 0.109 e. The van der Waals surface area contributed by atoms with E-state index >= 15 is 0 Å². The first-order valence-corrected chi connectivity index (χ1v) is 7.24. The quantitative estimate of drug-likeness (QED) is 0.858. The van der Waals surface area contributed by atoms with Gasteiger partial charge in [-0.25, -0.2) is 4.98 Å². The van der Waals surface area contributed by atoms with Crippen LogP contribution in [0.4, 0.5) is 0 Å². The molecule has 2 heterocycles. The number of aliphatic hydroxyl groups is 1. The minimum absolute atomic E-state index is 0.432. The van der Waals surface area contributed by atoms with Crippen LogP contribution in [0, 0.1) is 0 Å². The Morgan fingerprint density at radius 3 is 2.65 bits per heavy atom. The van der Waals surface area contributed by atoms with Gasteiger partial charge >= 0.3 is 0 Å². The van der Waals surface area contributed by atoms with Crippen molar-refractivity contribution in [1.29, 1.82) is 0 Å². The molecule has 17 heavy (non-hydrogen) atoms. The number of aliphatic hydroxyl groups excluding tert-OH is 1. The molecule has 1 atom stereocenters. The molecule has 1 aliphatic rings. The summed E-state index contributed by atoms with van der Waals surface area (Å²) in [5.41, 5.74) is 2.59. The zero-order chi connectivity index (χ0) is 12.1. The summed E-state index contributed by atoms with van der Waals surface area (Å²) in [5, 5.41) is 11.9. The fraction of sp³-hybridized carbons (Fsp3) is 0.750. The molecular weight excluding hydrogens is 234 g/mol. The Bertz CT molecular complexity index is 310. The first-order chi connectivity index (χ1) is 8.29. The molecule has 0 aliphatic carbocycles. The van der Waals surface area contributed by atoms with Crippen LogP contribution >= 0.6 is 11.3 Å². The highest BCUT2D eigenvalue weighted by molar-refractivity contribution is 7.07. The van der Waals surface area contributed by atoms with E-state index in [2.05, 4.69) is 21.7 Å². The van der Waals surface area contributed by atoms with Gasteiger partial charge in [-0.1, -0.05) is 6.92 Å². The van der Waals surface area contributed by atoms with Gasteiger partial charge in [0.2, 0.25) is 0 Å². The van der Waals surface area contributed by atoms with E-state index in [1.54, 1.807) is 5.51 Å². The highest BCUT2D eigenvalue weighted by Crippen LogP contribution is 2.15. The third kappa shape index (κ3) is 3.74. The van der Waals surface area contributed by atoms with Crippen molar-refractivity contribution in [2.45, 2.75) is 19.4 Å². The predicted molar refractivity (Wildman–Crippen MR) is 70.2 cm³/mol. The third-order valence-electron chi connectivity index (χ3n) is 3.23. The lowest BCUT2D eigenvalue weighted by molar-refractivity contribution is 0.0710. The summed E-state index contributed by atoms with van der Waals surface area (Å²) in [6, 6.07) is 0. The molecule has 0 spiro atoms. The number of hydrogen-bond donors (Lipinski definition) is 1. The lowest BCUT2D eigenvalue weighted by Gasteiger charge is -2.35. The Labute approximate surface area is 107 Å². The number of β-amino-alcohol motifs (C(OH)–C–C–N with tert-alkyl or cyclic N) is 1. The summed E-state index contributed by atoms with van der Waals surface area (Å²) in [6.45, 7) is 8.49. The Morgan fingerprint density at radius 1 is 1.35 bits per heavy atom. The normalized spacial score (nSPS) is 20.6. The summed E-state index contributed by atoms with van der Waals surface area (Å²) in [5.74, 6) is 0. The Hall–Kier alpha value is -0.490. The molecule has 1 fully saturated rings. The zero-order valence-corrected chi connectivity index (χ0v) is 11.2. The highest BCUT2D eigenvalue weighted by atomic mass is 32.1. The molecule has 0 amide bonds. The molecule has 1 aromatic heterocycles. The monoisotopic (exact) mass is 255 g/mol. The van der Waals surface area contributed by atoms with E-state index in [4.69, 9.17) is 0 Å². The van der Waals surface area contributed by atoms with Gasteiger partial charge in [0.05, 0.1) is 11.2 Å². The summed E-state index contributed by atoms with van der Waals surface area (Å²) in [4.78, 5) is 8.98. The molecule has 1 aromatic rings. The van der Waals surface area contributed by atoms with Crippen LogP contribution in [0.2, 0.25) is 0 Å². The number of thiazole rings is 1. The van der Waals surface area contributed by atoms with E-state index in [0.717, 1.165) is 31.9 Å². The van der Waals surface area contributed by atoms with Gasteiger partial charge in [-0.15, -0.1) is 11.3 Å². The molecule has 0 saturated carbocycles. The second-order valence-corrected chi connectivity index (χ2v) is 5.29. The molecule has 5 heteroatoms. The Morgan fingerprint density at radius 2 is 2.06 bits per heavy atom. The van der Waals surface area contributed by atoms with E-state index in [-0.39, 0.29) is 0 Å². The fourth-order valence-corrected chi connectivity index (χ4v) is 2.84. The lowest BCUT2D eigenvalue weighted by Crippen LogP contribution is -2.47. The smallest absolute Gasteiger partial charge is 0.109 e. The van der Waals surface area contributed by atoms with Gasteiger partial charge in [0.15, 0.2) is 0 Å². The number of nitrogens with zero attached hydrogens (tertiary/aromatic N) is 3. The minimum Gasteiger partial charge on any atom is -0.385 e. The molecule has 0 bridgehead atoms. The van der Waals surface area contributed by atoms with Crippen LogP contribution in [0.1, 0.15) is 25.1 Å². The number of aromatic nitrogens is 1. The molecule has 2 rings (SSSR count). The van der Waals surface area contributed by atoms with Crippen LogP contribution in [0.15, 0.2) is 10.9 Å². The second kappa shape index (κ2) is 6.44. The molecule has 96 valence electrons. The first kappa shape index (κ1) is 13.0. The molecule has 0 aromatic carbocycles. The first-order valence-electron chi connectivity index (χ1n) is 6.30. The molecule has 4 nitrogen and oxygen atoms in total. The Balaban J connectivity index is 1.74. The van der Waals surface area contributed by atoms with Crippen molar-refractivity contribution in [2.75, 3.05) is 39.3 Å². The van der Waals surface area contributed by atoms with Crippen molar-refractivity contribution in [1.82, 2.24) is 14.8 Å². The summed E-state index contributed by atoms with van der Waals surface area (Å²) in [7, 11) is 0. The summed E-state index contributed by atoms with van der Waals surface area (Å²) in [6.07, 6.45) is 0.792. The molecule has 1 N–H and O–H groups in total. The van der Waals surface area contributed by atoms with Gasteiger partial charge in [-0.3, -0.25) is 4.90 Å². The van der Waals surface area contributed by atoms with Crippen LogP contribution < -0.4 is 0 Å². The van der Waals surface area contributed by atoms with Gasteiger partial charge in [0.25, 0.3) is 0 Å². The molecule has 0 radical (unpaired) electrons.